The minimum absolute atomic E-state index is 0.275. The highest BCUT2D eigenvalue weighted by Crippen LogP contribution is 2.17. The number of hydrogen-bond donors (Lipinski definition) is 2. The van der Waals surface area contributed by atoms with Gasteiger partial charge in [0.2, 0.25) is 5.95 Å². The minimum atomic E-state index is -0.275. The van der Waals surface area contributed by atoms with E-state index in [0.29, 0.717) is 24.1 Å². The van der Waals surface area contributed by atoms with Gasteiger partial charge in [0.05, 0.1) is 6.20 Å². The lowest BCUT2D eigenvalue weighted by Gasteiger charge is -2.08. The molecule has 0 saturated carbocycles. The molecule has 0 unspecified atom stereocenters. The van der Waals surface area contributed by atoms with Crippen molar-refractivity contribution in [2.75, 3.05) is 10.6 Å². The average Bonchev–Trinajstić information content (AvgIpc) is 2.55. The van der Waals surface area contributed by atoms with Crippen LogP contribution in [-0.2, 0) is 6.54 Å². The zero-order chi connectivity index (χ0) is 16.1. The summed E-state index contributed by atoms with van der Waals surface area (Å²) in [5, 5.41) is 6.32. The van der Waals surface area contributed by atoms with E-state index in [1.807, 2.05) is 0 Å². The van der Waals surface area contributed by atoms with Crippen LogP contribution in [0.4, 0.5) is 22.0 Å². The third kappa shape index (κ3) is 4.33. The summed E-state index contributed by atoms with van der Waals surface area (Å²) >= 11 is 6.00. The summed E-state index contributed by atoms with van der Waals surface area (Å²) < 4.78 is 12.9. The van der Waals surface area contributed by atoms with E-state index >= 15 is 0 Å². The zero-order valence-corrected chi connectivity index (χ0v) is 12.6. The van der Waals surface area contributed by atoms with E-state index in [9.17, 15) is 4.39 Å². The molecule has 2 aromatic heterocycles. The van der Waals surface area contributed by atoms with Crippen LogP contribution in [0, 0.1) is 5.82 Å². The maximum absolute atomic E-state index is 12.9. The fraction of sp³-hybridized carbons (Fsp3) is 0.0667. The molecule has 3 aromatic rings. The highest BCUT2D eigenvalue weighted by molar-refractivity contribution is 6.29. The van der Waals surface area contributed by atoms with E-state index in [2.05, 4.69) is 30.6 Å². The molecule has 3 rings (SSSR count). The van der Waals surface area contributed by atoms with Crippen molar-refractivity contribution in [2.24, 2.45) is 0 Å². The van der Waals surface area contributed by atoms with E-state index in [1.165, 1.54) is 12.1 Å². The van der Waals surface area contributed by atoms with Gasteiger partial charge < -0.3 is 10.6 Å². The van der Waals surface area contributed by atoms with Crippen molar-refractivity contribution in [1.82, 2.24) is 19.9 Å². The zero-order valence-electron chi connectivity index (χ0n) is 11.9. The predicted octanol–water partition coefficient (Wildman–Crippen LogP) is 3.41. The summed E-state index contributed by atoms with van der Waals surface area (Å²) in [4.78, 5) is 16.5. The van der Waals surface area contributed by atoms with E-state index < -0.39 is 0 Å². The van der Waals surface area contributed by atoms with Crippen LogP contribution in [-0.4, -0.2) is 19.9 Å². The minimum Gasteiger partial charge on any atom is -0.350 e. The molecule has 0 radical (unpaired) electrons. The van der Waals surface area contributed by atoms with Gasteiger partial charge in [0, 0.05) is 25.0 Å². The van der Waals surface area contributed by atoms with Crippen molar-refractivity contribution < 1.29 is 4.39 Å². The van der Waals surface area contributed by atoms with Crippen molar-refractivity contribution >= 4 is 29.2 Å². The lowest BCUT2D eigenvalue weighted by Crippen LogP contribution is -2.06. The molecular formula is C15H12ClFN6. The molecule has 0 saturated heterocycles. The van der Waals surface area contributed by atoms with Gasteiger partial charge in [-0.25, -0.2) is 14.4 Å². The van der Waals surface area contributed by atoms with Gasteiger partial charge in [-0.2, -0.15) is 4.98 Å². The number of hydrogen-bond acceptors (Lipinski definition) is 6. The molecule has 6 nitrogen and oxygen atoms in total. The van der Waals surface area contributed by atoms with Crippen molar-refractivity contribution in [2.45, 2.75) is 6.54 Å². The van der Waals surface area contributed by atoms with Crippen molar-refractivity contribution in [3.8, 4) is 0 Å². The molecule has 116 valence electrons. The summed E-state index contributed by atoms with van der Waals surface area (Å²) in [7, 11) is 0. The van der Waals surface area contributed by atoms with Gasteiger partial charge in [-0.15, -0.1) is 0 Å². The Morgan fingerprint density at radius 2 is 1.87 bits per heavy atom. The van der Waals surface area contributed by atoms with Crippen LogP contribution in [0.5, 0.6) is 0 Å². The number of rotatable bonds is 5. The lowest BCUT2D eigenvalue weighted by atomic mass is 10.2. The van der Waals surface area contributed by atoms with Crippen LogP contribution >= 0.6 is 11.6 Å². The summed E-state index contributed by atoms with van der Waals surface area (Å²) in [5.74, 6) is 1.12. The Bertz CT molecular complexity index is 782. The SMILES string of the molecule is Fc1ccc(CNc2nc(Cl)cc(Nc3cnccn3)n2)cc1. The summed E-state index contributed by atoms with van der Waals surface area (Å²) in [6.45, 7) is 0.450. The smallest absolute Gasteiger partial charge is 0.226 e. The summed E-state index contributed by atoms with van der Waals surface area (Å²) in [5.41, 5.74) is 0.901. The van der Waals surface area contributed by atoms with Gasteiger partial charge in [0.25, 0.3) is 0 Å². The van der Waals surface area contributed by atoms with E-state index in [-0.39, 0.29) is 11.0 Å². The number of anilines is 3. The quantitative estimate of drug-likeness (QED) is 0.698. The van der Waals surface area contributed by atoms with Crippen molar-refractivity contribution in [3.05, 3.63) is 65.5 Å². The molecule has 8 heteroatoms. The van der Waals surface area contributed by atoms with Crippen molar-refractivity contribution in [1.29, 1.82) is 0 Å². The normalized spacial score (nSPS) is 10.3. The maximum atomic E-state index is 12.9. The van der Waals surface area contributed by atoms with Gasteiger partial charge in [-0.3, -0.25) is 4.98 Å². The van der Waals surface area contributed by atoms with Crippen LogP contribution in [0.15, 0.2) is 48.9 Å². The molecule has 1 aromatic carbocycles. The first-order valence-corrected chi connectivity index (χ1v) is 7.13. The second kappa shape index (κ2) is 6.97. The first kappa shape index (κ1) is 15.1. The number of nitrogens with zero attached hydrogens (tertiary/aromatic N) is 4. The first-order valence-electron chi connectivity index (χ1n) is 6.75. The molecule has 2 heterocycles. The molecule has 0 fully saturated rings. The van der Waals surface area contributed by atoms with Gasteiger partial charge in [0.15, 0.2) is 0 Å². The molecule has 0 atom stereocenters. The van der Waals surface area contributed by atoms with Crippen LogP contribution in [0.2, 0.25) is 5.15 Å². The first-order chi connectivity index (χ1) is 11.2. The second-order valence-electron chi connectivity index (χ2n) is 4.60. The fourth-order valence-corrected chi connectivity index (χ4v) is 2.02. The van der Waals surface area contributed by atoms with E-state index in [1.54, 1.807) is 36.8 Å². The molecule has 0 amide bonds. The largest absolute Gasteiger partial charge is 0.350 e. The van der Waals surface area contributed by atoms with Crippen LogP contribution in [0.1, 0.15) is 5.56 Å². The fourth-order valence-electron chi connectivity index (χ4n) is 1.84. The lowest BCUT2D eigenvalue weighted by molar-refractivity contribution is 0.627. The van der Waals surface area contributed by atoms with Gasteiger partial charge in [0.1, 0.15) is 22.6 Å². The Balaban J connectivity index is 1.71. The molecular weight excluding hydrogens is 319 g/mol. The van der Waals surface area contributed by atoms with Gasteiger partial charge in [-0.05, 0) is 17.7 Å². The monoisotopic (exact) mass is 330 g/mol. The molecule has 23 heavy (non-hydrogen) atoms. The van der Waals surface area contributed by atoms with E-state index in [4.69, 9.17) is 11.6 Å². The van der Waals surface area contributed by atoms with Gasteiger partial charge >= 0.3 is 0 Å². The molecule has 0 aliphatic heterocycles. The Hall–Kier alpha value is -2.80. The van der Waals surface area contributed by atoms with Crippen LogP contribution in [0.3, 0.4) is 0 Å². The van der Waals surface area contributed by atoms with Crippen LogP contribution in [0.25, 0.3) is 0 Å². The van der Waals surface area contributed by atoms with Crippen molar-refractivity contribution in [3.63, 3.8) is 0 Å². The Kier molecular flexibility index (Phi) is 4.58. The second-order valence-corrected chi connectivity index (χ2v) is 4.98. The summed E-state index contributed by atoms with van der Waals surface area (Å²) in [6.07, 6.45) is 4.72. The number of benzene rings is 1. The number of halogens is 2. The molecule has 0 aliphatic carbocycles. The Morgan fingerprint density at radius 3 is 2.61 bits per heavy atom. The molecule has 2 N–H and O–H groups in total. The average molecular weight is 331 g/mol. The maximum Gasteiger partial charge on any atom is 0.226 e. The molecule has 0 bridgehead atoms. The third-order valence-corrected chi connectivity index (χ3v) is 3.07. The number of aromatic nitrogens is 4. The van der Waals surface area contributed by atoms with Gasteiger partial charge in [-0.1, -0.05) is 23.7 Å². The highest BCUT2D eigenvalue weighted by atomic mass is 35.5. The third-order valence-electron chi connectivity index (χ3n) is 2.88. The predicted molar refractivity (Wildman–Crippen MR) is 86.1 cm³/mol. The molecule has 0 aliphatic rings. The standard InChI is InChI=1S/C15H12ClFN6/c16-12-7-13(22-14-9-18-5-6-19-14)23-15(21-12)20-8-10-1-3-11(17)4-2-10/h1-7,9H,8H2,(H2,19,20,21,22,23). The number of nitrogens with one attached hydrogen (secondary N) is 2. The summed E-state index contributed by atoms with van der Waals surface area (Å²) in [6, 6.07) is 7.75. The Morgan fingerprint density at radius 1 is 1.04 bits per heavy atom. The molecule has 0 spiro atoms. The highest BCUT2D eigenvalue weighted by Gasteiger charge is 2.05. The Labute approximate surface area is 136 Å². The van der Waals surface area contributed by atoms with Crippen LogP contribution < -0.4 is 10.6 Å². The van der Waals surface area contributed by atoms with E-state index in [0.717, 1.165) is 5.56 Å². The topological polar surface area (TPSA) is 75.6 Å².